The van der Waals surface area contributed by atoms with E-state index < -0.39 is 5.66 Å². The van der Waals surface area contributed by atoms with Gasteiger partial charge in [-0.1, -0.05) is 20.8 Å². The van der Waals surface area contributed by atoms with E-state index in [0.717, 1.165) is 0 Å². The highest BCUT2D eigenvalue weighted by molar-refractivity contribution is 5.07. The van der Waals surface area contributed by atoms with Crippen LogP contribution in [0.2, 0.25) is 0 Å². The SMILES string of the molecule is CNC(C)(C)n1[nH]nc(C(C)(C)C)c1=O. The van der Waals surface area contributed by atoms with Crippen molar-refractivity contribution in [2.45, 2.75) is 45.7 Å². The van der Waals surface area contributed by atoms with Crippen LogP contribution in [0.3, 0.4) is 0 Å². The lowest BCUT2D eigenvalue weighted by Gasteiger charge is -2.23. The van der Waals surface area contributed by atoms with Gasteiger partial charge in [0.1, 0.15) is 11.4 Å². The highest BCUT2D eigenvalue weighted by atomic mass is 16.1. The van der Waals surface area contributed by atoms with Crippen LogP contribution in [-0.4, -0.2) is 22.0 Å². The summed E-state index contributed by atoms with van der Waals surface area (Å²) in [7, 11) is 1.81. The van der Waals surface area contributed by atoms with Crippen LogP contribution in [0.15, 0.2) is 4.79 Å². The highest BCUT2D eigenvalue weighted by Gasteiger charge is 2.27. The van der Waals surface area contributed by atoms with E-state index in [-0.39, 0.29) is 11.0 Å². The lowest BCUT2D eigenvalue weighted by molar-refractivity contribution is 0.254. The number of aromatic amines is 1. The monoisotopic (exact) mass is 212 g/mol. The number of hydrogen-bond acceptors (Lipinski definition) is 3. The summed E-state index contributed by atoms with van der Waals surface area (Å²) in [6.45, 7) is 9.75. The Hall–Kier alpha value is -1.10. The summed E-state index contributed by atoms with van der Waals surface area (Å²) >= 11 is 0. The van der Waals surface area contributed by atoms with Gasteiger partial charge in [0, 0.05) is 5.41 Å². The van der Waals surface area contributed by atoms with Crippen molar-refractivity contribution in [1.29, 1.82) is 0 Å². The molecule has 5 nitrogen and oxygen atoms in total. The van der Waals surface area contributed by atoms with E-state index >= 15 is 0 Å². The Morgan fingerprint density at radius 1 is 1.27 bits per heavy atom. The lowest BCUT2D eigenvalue weighted by Crippen LogP contribution is -2.46. The molecular formula is C10H20N4O. The predicted molar refractivity (Wildman–Crippen MR) is 59.9 cm³/mol. The molecular weight excluding hydrogens is 192 g/mol. The summed E-state index contributed by atoms with van der Waals surface area (Å²) in [5, 5.41) is 9.91. The third kappa shape index (κ3) is 2.12. The highest BCUT2D eigenvalue weighted by Crippen LogP contribution is 2.16. The van der Waals surface area contributed by atoms with Crippen molar-refractivity contribution >= 4 is 0 Å². The maximum Gasteiger partial charge on any atom is 0.292 e. The fraction of sp³-hybridized carbons (Fsp3) is 0.800. The van der Waals surface area contributed by atoms with Gasteiger partial charge in [-0.15, -0.1) is 0 Å². The number of rotatable bonds is 2. The molecule has 0 aliphatic carbocycles. The molecule has 86 valence electrons. The van der Waals surface area contributed by atoms with Crippen molar-refractivity contribution in [2.24, 2.45) is 0 Å². The molecule has 1 rings (SSSR count). The second-order valence-corrected chi connectivity index (χ2v) is 5.26. The molecule has 0 amide bonds. The van der Waals surface area contributed by atoms with E-state index in [1.807, 2.05) is 41.7 Å². The maximum atomic E-state index is 12.1. The van der Waals surface area contributed by atoms with Gasteiger partial charge < -0.3 is 0 Å². The molecule has 0 aliphatic heterocycles. The van der Waals surface area contributed by atoms with Gasteiger partial charge in [-0.3, -0.25) is 10.1 Å². The Labute approximate surface area is 89.9 Å². The standard InChI is InChI=1S/C10H20N4O/c1-9(2,3)7-8(15)14(13-12-7)10(4,5)11-6/h11,13H,1-6H3. The number of hydrogen-bond donors (Lipinski definition) is 2. The van der Waals surface area contributed by atoms with Gasteiger partial charge in [-0.25, -0.2) is 9.90 Å². The quantitative estimate of drug-likeness (QED) is 0.761. The maximum absolute atomic E-state index is 12.1. The van der Waals surface area contributed by atoms with E-state index in [1.54, 1.807) is 0 Å². The minimum atomic E-state index is -0.451. The third-order valence-electron chi connectivity index (χ3n) is 2.55. The fourth-order valence-electron chi connectivity index (χ4n) is 1.28. The van der Waals surface area contributed by atoms with Gasteiger partial charge in [-0.05, 0) is 20.9 Å². The summed E-state index contributed by atoms with van der Waals surface area (Å²) in [6, 6.07) is 0. The first-order valence-electron chi connectivity index (χ1n) is 5.07. The van der Waals surface area contributed by atoms with Crippen LogP contribution >= 0.6 is 0 Å². The molecule has 1 aromatic heterocycles. The van der Waals surface area contributed by atoms with E-state index in [9.17, 15) is 4.79 Å². The predicted octanol–water partition coefficient (Wildman–Crippen LogP) is 0.781. The first kappa shape index (κ1) is 12.0. The van der Waals surface area contributed by atoms with E-state index in [0.29, 0.717) is 5.69 Å². The van der Waals surface area contributed by atoms with Gasteiger partial charge in [0.05, 0.1) is 0 Å². The molecule has 0 aromatic carbocycles. The Kier molecular flexibility index (Phi) is 2.78. The van der Waals surface area contributed by atoms with E-state index in [1.165, 1.54) is 4.68 Å². The molecule has 0 unspecified atom stereocenters. The minimum Gasteiger partial charge on any atom is -0.297 e. The first-order valence-corrected chi connectivity index (χ1v) is 5.07. The zero-order chi connectivity index (χ0) is 11.9. The third-order valence-corrected chi connectivity index (χ3v) is 2.55. The normalized spacial score (nSPS) is 13.2. The van der Waals surface area contributed by atoms with Gasteiger partial charge in [0.25, 0.3) is 5.56 Å². The number of nitrogens with zero attached hydrogens (tertiary/aromatic N) is 2. The molecule has 5 heteroatoms. The van der Waals surface area contributed by atoms with Gasteiger partial charge in [-0.2, -0.15) is 5.10 Å². The van der Waals surface area contributed by atoms with Crippen molar-refractivity contribution in [3.63, 3.8) is 0 Å². The molecule has 0 radical (unpaired) electrons. The Balaban J connectivity index is 3.28. The average molecular weight is 212 g/mol. The molecule has 0 spiro atoms. The number of aromatic nitrogens is 3. The molecule has 0 saturated heterocycles. The Morgan fingerprint density at radius 3 is 2.13 bits per heavy atom. The molecule has 2 N–H and O–H groups in total. The Morgan fingerprint density at radius 2 is 1.80 bits per heavy atom. The minimum absolute atomic E-state index is 0.0677. The topological polar surface area (TPSA) is 62.7 Å². The van der Waals surface area contributed by atoms with Crippen LogP contribution < -0.4 is 10.9 Å². The molecule has 0 bridgehead atoms. The largest absolute Gasteiger partial charge is 0.297 e. The molecule has 0 aliphatic rings. The van der Waals surface area contributed by atoms with Crippen molar-refractivity contribution in [1.82, 2.24) is 20.3 Å². The van der Waals surface area contributed by atoms with Crippen molar-refractivity contribution < 1.29 is 0 Å². The summed E-state index contributed by atoms with van der Waals surface area (Å²) < 4.78 is 1.51. The van der Waals surface area contributed by atoms with Gasteiger partial charge in [0.2, 0.25) is 0 Å². The van der Waals surface area contributed by atoms with E-state index in [2.05, 4.69) is 15.6 Å². The summed E-state index contributed by atoms with van der Waals surface area (Å²) in [5.74, 6) is 0. The molecule has 1 heterocycles. The molecule has 0 saturated carbocycles. The van der Waals surface area contributed by atoms with Crippen molar-refractivity contribution in [2.75, 3.05) is 7.05 Å². The van der Waals surface area contributed by atoms with Crippen LogP contribution in [0, 0.1) is 0 Å². The van der Waals surface area contributed by atoms with Crippen LogP contribution in [0.25, 0.3) is 0 Å². The van der Waals surface area contributed by atoms with E-state index in [4.69, 9.17) is 0 Å². The van der Waals surface area contributed by atoms with Crippen LogP contribution in [0.1, 0.15) is 40.3 Å². The van der Waals surface area contributed by atoms with Crippen molar-refractivity contribution in [3.8, 4) is 0 Å². The lowest BCUT2D eigenvalue weighted by atomic mass is 9.93. The summed E-state index contributed by atoms with van der Waals surface area (Å²) in [6.07, 6.45) is 0. The molecule has 15 heavy (non-hydrogen) atoms. The zero-order valence-electron chi connectivity index (χ0n) is 10.3. The molecule has 0 atom stereocenters. The first-order chi connectivity index (χ1) is 6.70. The van der Waals surface area contributed by atoms with Crippen molar-refractivity contribution in [3.05, 3.63) is 16.0 Å². The summed E-state index contributed by atoms with van der Waals surface area (Å²) in [4.78, 5) is 12.1. The Bertz CT molecular complexity index is 394. The summed E-state index contributed by atoms with van der Waals surface area (Å²) in [5.41, 5.74) is -0.191. The second-order valence-electron chi connectivity index (χ2n) is 5.26. The average Bonchev–Trinajstić information content (AvgIpc) is 2.46. The fourth-order valence-corrected chi connectivity index (χ4v) is 1.28. The van der Waals surface area contributed by atoms with Gasteiger partial charge >= 0.3 is 0 Å². The number of H-pyrrole nitrogens is 1. The van der Waals surface area contributed by atoms with Crippen LogP contribution in [0.5, 0.6) is 0 Å². The smallest absolute Gasteiger partial charge is 0.292 e. The van der Waals surface area contributed by atoms with Crippen LogP contribution in [0.4, 0.5) is 0 Å². The van der Waals surface area contributed by atoms with Gasteiger partial charge in [0.15, 0.2) is 0 Å². The zero-order valence-corrected chi connectivity index (χ0v) is 10.3. The number of nitrogens with one attached hydrogen (secondary N) is 2. The van der Waals surface area contributed by atoms with Crippen LogP contribution in [-0.2, 0) is 11.1 Å². The molecule has 1 aromatic rings. The second kappa shape index (κ2) is 3.48. The molecule has 0 fully saturated rings.